The maximum atomic E-state index is 12.5. The van der Waals surface area contributed by atoms with Crippen LogP contribution >= 0.6 is 0 Å². The second-order valence-corrected chi connectivity index (χ2v) is 6.85. The van der Waals surface area contributed by atoms with Gasteiger partial charge in [-0.2, -0.15) is 0 Å². The molecule has 1 amide bonds. The lowest BCUT2D eigenvalue weighted by Crippen LogP contribution is -2.34. The lowest BCUT2D eigenvalue weighted by Gasteiger charge is -2.21. The van der Waals surface area contributed by atoms with Gasteiger partial charge in [0.2, 0.25) is 5.91 Å². The van der Waals surface area contributed by atoms with E-state index in [1.165, 1.54) is 12.7 Å². The fourth-order valence-corrected chi connectivity index (χ4v) is 2.76. The van der Waals surface area contributed by atoms with Crippen molar-refractivity contribution in [3.8, 4) is 0 Å². The van der Waals surface area contributed by atoms with E-state index in [-0.39, 0.29) is 24.8 Å². The summed E-state index contributed by atoms with van der Waals surface area (Å²) in [5, 5.41) is 2.93. The first-order valence-electron chi connectivity index (χ1n) is 9.21. The zero-order chi connectivity index (χ0) is 19.6. The number of ether oxygens (including phenoxy) is 1. The normalized spacial score (nSPS) is 10.9. The molecular weight excluding hydrogens is 340 g/mol. The Morgan fingerprint density at radius 2 is 1.70 bits per heavy atom. The fraction of sp³-hybridized carbons (Fsp3) is 0.364. The first-order chi connectivity index (χ1) is 13.0. The van der Waals surface area contributed by atoms with Crippen LogP contribution in [0.15, 0.2) is 54.6 Å². The van der Waals surface area contributed by atoms with Gasteiger partial charge in [0, 0.05) is 18.8 Å². The van der Waals surface area contributed by atoms with Crippen LogP contribution in [0.2, 0.25) is 0 Å². The Hall–Kier alpha value is -2.66. The van der Waals surface area contributed by atoms with Crippen molar-refractivity contribution in [3.05, 3.63) is 65.7 Å². The summed E-state index contributed by atoms with van der Waals surface area (Å²) in [7, 11) is 1.37. The highest BCUT2D eigenvalue weighted by Gasteiger charge is 2.14. The number of carbonyl (C=O) groups is 2. The summed E-state index contributed by atoms with van der Waals surface area (Å²) in [4.78, 5) is 25.9. The maximum Gasteiger partial charge on any atom is 0.306 e. The van der Waals surface area contributed by atoms with Gasteiger partial charge in [-0.05, 0) is 29.2 Å². The van der Waals surface area contributed by atoms with E-state index in [1.54, 1.807) is 0 Å². The number of rotatable bonds is 9. The average Bonchev–Trinajstić information content (AvgIpc) is 2.67. The largest absolute Gasteiger partial charge is 0.469 e. The first-order valence-corrected chi connectivity index (χ1v) is 9.21. The van der Waals surface area contributed by atoms with Crippen molar-refractivity contribution in [2.75, 3.05) is 25.5 Å². The number of nitrogens with zero attached hydrogens (tertiary/aromatic N) is 1. The Balaban J connectivity index is 1.97. The average molecular weight is 368 g/mol. The van der Waals surface area contributed by atoms with Crippen LogP contribution in [0, 0.1) is 0 Å². The van der Waals surface area contributed by atoms with Crippen LogP contribution in [-0.2, 0) is 20.9 Å². The minimum absolute atomic E-state index is 0.104. The highest BCUT2D eigenvalue weighted by Crippen LogP contribution is 2.17. The molecule has 0 radical (unpaired) electrons. The highest BCUT2D eigenvalue weighted by atomic mass is 16.5. The lowest BCUT2D eigenvalue weighted by molar-refractivity contribution is -0.141. The molecule has 0 aliphatic rings. The molecule has 5 heteroatoms. The van der Waals surface area contributed by atoms with E-state index in [1.807, 2.05) is 59.5 Å². The third kappa shape index (κ3) is 7.23. The van der Waals surface area contributed by atoms with E-state index >= 15 is 0 Å². The van der Waals surface area contributed by atoms with Gasteiger partial charge in [0.05, 0.1) is 20.1 Å². The molecule has 144 valence electrons. The fourth-order valence-electron chi connectivity index (χ4n) is 2.76. The number of carbonyl (C=O) groups excluding carboxylic acids is 2. The Morgan fingerprint density at radius 1 is 1.04 bits per heavy atom. The Morgan fingerprint density at radius 3 is 2.30 bits per heavy atom. The molecule has 27 heavy (non-hydrogen) atoms. The highest BCUT2D eigenvalue weighted by molar-refractivity contribution is 5.92. The van der Waals surface area contributed by atoms with Crippen LogP contribution in [0.3, 0.4) is 0 Å². The molecule has 0 aliphatic carbocycles. The van der Waals surface area contributed by atoms with E-state index in [4.69, 9.17) is 4.74 Å². The molecule has 2 aromatic carbocycles. The van der Waals surface area contributed by atoms with Crippen molar-refractivity contribution >= 4 is 17.6 Å². The molecule has 0 spiro atoms. The molecule has 5 nitrogen and oxygen atoms in total. The summed E-state index contributed by atoms with van der Waals surface area (Å²) in [5.74, 6) is 0.0697. The Kier molecular flexibility index (Phi) is 8.01. The minimum atomic E-state index is -0.280. The lowest BCUT2D eigenvalue weighted by atomic mass is 10.0. The molecule has 0 bridgehead atoms. The quantitative estimate of drug-likeness (QED) is 0.684. The van der Waals surface area contributed by atoms with Gasteiger partial charge < -0.3 is 10.1 Å². The SMILES string of the molecule is COC(=O)CCN(CC(=O)Nc1ccc(C(C)C)cc1)Cc1ccccc1. The number of benzene rings is 2. The van der Waals surface area contributed by atoms with Crippen molar-refractivity contribution in [1.82, 2.24) is 4.90 Å². The zero-order valence-electron chi connectivity index (χ0n) is 16.3. The monoisotopic (exact) mass is 368 g/mol. The predicted molar refractivity (Wildman–Crippen MR) is 108 cm³/mol. The number of hydrogen-bond acceptors (Lipinski definition) is 4. The number of esters is 1. The van der Waals surface area contributed by atoms with Gasteiger partial charge in [0.25, 0.3) is 0 Å². The second kappa shape index (κ2) is 10.5. The van der Waals surface area contributed by atoms with Crippen LogP contribution in [0.1, 0.15) is 37.3 Å². The standard InChI is InChI=1S/C22H28N2O3/c1-17(2)19-9-11-20(12-10-19)23-21(25)16-24(14-13-22(26)27-3)15-18-7-5-4-6-8-18/h4-12,17H,13-16H2,1-3H3,(H,23,25). The number of anilines is 1. The Bertz CT molecular complexity index is 727. The first kappa shape index (κ1) is 20.6. The van der Waals surface area contributed by atoms with Crippen LogP contribution in [0.25, 0.3) is 0 Å². The smallest absolute Gasteiger partial charge is 0.306 e. The summed E-state index contributed by atoms with van der Waals surface area (Å²) >= 11 is 0. The number of hydrogen-bond donors (Lipinski definition) is 1. The number of amides is 1. The van der Waals surface area contributed by atoms with E-state index in [0.29, 0.717) is 19.0 Å². The predicted octanol–water partition coefficient (Wildman–Crippen LogP) is 3.81. The van der Waals surface area contributed by atoms with Crippen molar-refractivity contribution in [2.24, 2.45) is 0 Å². The van der Waals surface area contributed by atoms with Crippen molar-refractivity contribution < 1.29 is 14.3 Å². The molecule has 0 saturated heterocycles. The van der Waals surface area contributed by atoms with Crippen LogP contribution in [0.4, 0.5) is 5.69 Å². The molecule has 2 rings (SSSR count). The van der Waals surface area contributed by atoms with E-state index in [0.717, 1.165) is 11.3 Å². The van der Waals surface area contributed by atoms with E-state index in [2.05, 4.69) is 19.2 Å². The Labute approximate surface area is 161 Å². The number of methoxy groups -OCH3 is 1. The van der Waals surface area contributed by atoms with Gasteiger partial charge >= 0.3 is 5.97 Å². The van der Waals surface area contributed by atoms with Crippen molar-refractivity contribution in [1.29, 1.82) is 0 Å². The van der Waals surface area contributed by atoms with E-state index in [9.17, 15) is 9.59 Å². The zero-order valence-corrected chi connectivity index (χ0v) is 16.3. The molecule has 0 atom stereocenters. The summed E-state index contributed by atoms with van der Waals surface area (Å²) in [6, 6.07) is 17.8. The number of nitrogens with one attached hydrogen (secondary N) is 1. The van der Waals surface area contributed by atoms with Gasteiger partial charge in [0.1, 0.15) is 0 Å². The summed E-state index contributed by atoms with van der Waals surface area (Å²) in [5.41, 5.74) is 3.10. The summed E-state index contributed by atoms with van der Waals surface area (Å²) < 4.78 is 4.72. The summed E-state index contributed by atoms with van der Waals surface area (Å²) in [6.07, 6.45) is 0.250. The van der Waals surface area contributed by atoms with Crippen LogP contribution in [0.5, 0.6) is 0 Å². The van der Waals surface area contributed by atoms with Crippen LogP contribution in [-0.4, -0.2) is 37.0 Å². The second-order valence-electron chi connectivity index (χ2n) is 6.85. The van der Waals surface area contributed by atoms with E-state index < -0.39 is 0 Å². The van der Waals surface area contributed by atoms with Crippen molar-refractivity contribution in [3.63, 3.8) is 0 Å². The molecule has 2 aromatic rings. The molecule has 0 aliphatic heterocycles. The third-order valence-electron chi connectivity index (χ3n) is 4.34. The molecule has 1 N–H and O–H groups in total. The third-order valence-corrected chi connectivity index (χ3v) is 4.34. The molecule has 0 fully saturated rings. The molecule has 0 unspecified atom stereocenters. The van der Waals surface area contributed by atoms with Gasteiger partial charge in [-0.25, -0.2) is 0 Å². The molecule has 0 heterocycles. The van der Waals surface area contributed by atoms with Crippen LogP contribution < -0.4 is 5.32 Å². The van der Waals surface area contributed by atoms with Gasteiger partial charge in [-0.1, -0.05) is 56.3 Å². The topological polar surface area (TPSA) is 58.6 Å². The van der Waals surface area contributed by atoms with Gasteiger partial charge in [0.15, 0.2) is 0 Å². The summed E-state index contributed by atoms with van der Waals surface area (Å²) in [6.45, 7) is 5.53. The molecule has 0 aromatic heterocycles. The molecule has 0 saturated carbocycles. The molecular formula is C22H28N2O3. The van der Waals surface area contributed by atoms with Gasteiger partial charge in [-0.3, -0.25) is 14.5 Å². The van der Waals surface area contributed by atoms with Gasteiger partial charge in [-0.15, -0.1) is 0 Å². The maximum absolute atomic E-state index is 12.5. The minimum Gasteiger partial charge on any atom is -0.469 e. The van der Waals surface area contributed by atoms with Crippen molar-refractivity contribution in [2.45, 2.75) is 32.7 Å².